The quantitative estimate of drug-likeness (QED) is 0.886. The highest BCUT2D eigenvalue weighted by Gasteiger charge is 2.28. The van der Waals surface area contributed by atoms with Crippen LogP contribution in [0.2, 0.25) is 5.02 Å². The molecule has 110 valence electrons. The number of carbonyl (C=O) groups is 1. The van der Waals surface area contributed by atoms with Crippen LogP contribution in [0.25, 0.3) is 0 Å². The van der Waals surface area contributed by atoms with Crippen LogP contribution in [0.3, 0.4) is 0 Å². The second-order valence-electron chi connectivity index (χ2n) is 5.94. The fourth-order valence-electron chi connectivity index (χ4n) is 3.04. The van der Waals surface area contributed by atoms with Crippen LogP contribution < -0.4 is 5.32 Å². The average molecular weight is 296 g/mol. The van der Waals surface area contributed by atoms with E-state index in [1.165, 1.54) is 31.4 Å². The first-order valence-electron chi connectivity index (χ1n) is 7.28. The van der Waals surface area contributed by atoms with Crippen LogP contribution >= 0.6 is 11.6 Å². The van der Waals surface area contributed by atoms with Crippen LogP contribution in [0.15, 0.2) is 18.2 Å². The third-order valence-corrected chi connectivity index (χ3v) is 4.50. The number of nitrogens with one attached hydrogen (secondary N) is 1. The van der Waals surface area contributed by atoms with Crippen molar-refractivity contribution in [2.24, 2.45) is 11.8 Å². The number of hydrogen-bond donors (Lipinski definition) is 2. The number of aromatic hydroxyl groups is 1. The number of carbonyl (C=O) groups excluding carboxylic acids is 1. The lowest BCUT2D eigenvalue weighted by atomic mass is 9.78. The maximum atomic E-state index is 12.3. The largest absolute Gasteiger partial charge is 0.506 e. The van der Waals surface area contributed by atoms with Crippen molar-refractivity contribution in [3.05, 3.63) is 28.8 Å². The standard InChI is InChI=1S/C16H22ClNO2/c1-10(2)12-5-3-4-6-14(12)18-16(20)11-7-8-15(19)13(17)9-11/h7-10,12,14,19H,3-6H2,1-2H3,(H,18,20). The van der Waals surface area contributed by atoms with E-state index in [2.05, 4.69) is 19.2 Å². The lowest BCUT2D eigenvalue weighted by Crippen LogP contribution is -2.43. The molecule has 2 atom stereocenters. The van der Waals surface area contributed by atoms with Crippen molar-refractivity contribution < 1.29 is 9.90 Å². The predicted octanol–water partition coefficient (Wildman–Crippen LogP) is 3.99. The molecule has 2 unspecified atom stereocenters. The molecular weight excluding hydrogens is 274 g/mol. The van der Waals surface area contributed by atoms with Gasteiger partial charge < -0.3 is 10.4 Å². The van der Waals surface area contributed by atoms with Gasteiger partial charge in [0.2, 0.25) is 0 Å². The van der Waals surface area contributed by atoms with Gasteiger partial charge in [0.1, 0.15) is 5.75 Å². The van der Waals surface area contributed by atoms with Crippen molar-refractivity contribution >= 4 is 17.5 Å². The summed E-state index contributed by atoms with van der Waals surface area (Å²) in [5, 5.41) is 12.7. The van der Waals surface area contributed by atoms with Gasteiger partial charge in [-0.3, -0.25) is 4.79 Å². The Kier molecular flexibility index (Phi) is 4.92. The Morgan fingerprint density at radius 1 is 1.35 bits per heavy atom. The van der Waals surface area contributed by atoms with Crippen molar-refractivity contribution in [2.45, 2.75) is 45.6 Å². The van der Waals surface area contributed by atoms with Gasteiger partial charge in [0, 0.05) is 11.6 Å². The molecule has 1 aliphatic carbocycles. The van der Waals surface area contributed by atoms with E-state index in [0.29, 0.717) is 17.4 Å². The van der Waals surface area contributed by atoms with E-state index in [0.717, 1.165) is 6.42 Å². The van der Waals surface area contributed by atoms with E-state index in [9.17, 15) is 9.90 Å². The van der Waals surface area contributed by atoms with Crippen LogP contribution in [0.4, 0.5) is 0 Å². The average Bonchev–Trinajstić information content (AvgIpc) is 2.42. The number of amides is 1. The molecule has 1 fully saturated rings. The van der Waals surface area contributed by atoms with Crippen LogP contribution in [-0.4, -0.2) is 17.1 Å². The van der Waals surface area contributed by atoms with Crippen LogP contribution in [0.5, 0.6) is 5.75 Å². The summed E-state index contributed by atoms with van der Waals surface area (Å²) in [5.74, 6) is 1.01. The molecule has 0 saturated heterocycles. The highest BCUT2D eigenvalue weighted by molar-refractivity contribution is 6.32. The topological polar surface area (TPSA) is 49.3 Å². The number of rotatable bonds is 3. The molecule has 0 aliphatic heterocycles. The van der Waals surface area contributed by atoms with E-state index < -0.39 is 0 Å². The number of halogens is 1. The van der Waals surface area contributed by atoms with Gasteiger partial charge in [-0.2, -0.15) is 0 Å². The zero-order chi connectivity index (χ0) is 14.7. The molecule has 2 N–H and O–H groups in total. The molecule has 0 bridgehead atoms. The summed E-state index contributed by atoms with van der Waals surface area (Å²) >= 11 is 5.85. The van der Waals surface area contributed by atoms with Gasteiger partial charge in [0.05, 0.1) is 5.02 Å². The third-order valence-electron chi connectivity index (χ3n) is 4.20. The van der Waals surface area contributed by atoms with Gasteiger partial charge in [0.25, 0.3) is 5.91 Å². The van der Waals surface area contributed by atoms with Crippen molar-refractivity contribution in [1.82, 2.24) is 5.32 Å². The van der Waals surface area contributed by atoms with E-state index >= 15 is 0 Å². The van der Waals surface area contributed by atoms with E-state index in [1.807, 2.05) is 0 Å². The van der Waals surface area contributed by atoms with Gasteiger partial charge >= 0.3 is 0 Å². The minimum absolute atomic E-state index is 0.000870. The first-order valence-corrected chi connectivity index (χ1v) is 7.66. The van der Waals surface area contributed by atoms with Crippen molar-refractivity contribution in [3.8, 4) is 5.75 Å². The third kappa shape index (κ3) is 3.45. The normalized spacial score (nSPS) is 22.8. The molecule has 1 aromatic rings. The molecule has 1 saturated carbocycles. The van der Waals surface area contributed by atoms with Gasteiger partial charge in [-0.15, -0.1) is 0 Å². The fourth-order valence-corrected chi connectivity index (χ4v) is 3.22. The number of phenols is 1. The zero-order valence-electron chi connectivity index (χ0n) is 12.0. The maximum Gasteiger partial charge on any atom is 0.251 e. The lowest BCUT2D eigenvalue weighted by molar-refractivity contribution is 0.0889. The molecule has 0 spiro atoms. The molecule has 1 aromatic carbocycles. The fraction of sp³-hybridized carbons (Fsp3) is 0.562. The predicted molar refractivity (Wildman–Crippen MR) is 81.2 cm³/mol. The Hall–Kier alpha value is -1.22. The molecule has 20 heavy (non-hydrogen) atoms. The molecule has 0 radical (unpaired) electrons. The Labute approximate surface area is 125 Å². The number of benzene rings is 1. The Morgan fingerprint density at radius 2 is 2.05 bits per heavy atom. The van der Waals surface area contributed by atoms with E-state index in [1.54, 1.807) is 6.07 Å². The van der Waals surface area contributed by atoms with E-state index in [4.69, 9.17) is 11.6 Å². The lowest BCUT2D eigenvalue weighted by Gasteiger charge is -2.34. The van der Waals surface area contributed by atoms with Gasteiger partial charge in [-0.05, 0) is 42.9 Å². The molecular formula is C16H22ClNO2. The second kappa shape index (κ2) is 6.49. The highest BCUT2D eigenvalue weighted by Crippen LogP contribution is 2.30. The smallest absolute Gasteiger partial charge is 0.251 e. The molecule has 4 heteroatoms. The molecule has 1 aliphatic rings. The molecule has 3 nitrogen and oxygen atoms in total. The van der Waals surface area contributed by atoms with Crippen LogP contribution in [0.1, 0.15) is 49.9 Å². The number of hydrogen-bond acceptors (Lipinski definition) is 2. The molecule has 1 amide bonds. The molecule has 0 aromatic heterocycles. The summed E-state index contributed by atoms with van der Waals surface area (Å²) in [5.41, 5.74) is 0.501. The van der Waals surface area contributed by atoms with Crippen molar-refractivity contribution in [3.63, 3.8) is 0 Å². The number of phenolic OH excluding ortho intramolecular Hbond substituents is 1. The van der Waals surface area contributed by atoms with Crippen molar-refractivity contribution in [1.29, 1.82) is 0 Å². The minimum Gasteiger partial charge on any atom is -0.506 e. The van der Waals surface area contributed by atoms with Gasteiger partial charge in [-0.25, -0.2) is 0 Å². The summed E-state index contributed by atoms with van der Waals surface area (Å²) in [4.78, 5) is 12.3. The van der Waals surface area contributed by atoms with Gasteiger partial charge in [-0.1, -0.05) is 38.3 Å². The first kappa shape index (κ1) is 15.2. The van der Waals surface area contributed by atoms with Gasteiger partial charge in [0.15, 0.2) is 0 Å². The first-order chi connectivity index (χ1) is 9.49. The highest BCUT2D eigenvalue weighted by atomic mass is 35.5. The maximum absolute atomic E-state index is 12.3. The summed E-state index contributed by atoms with van der Waals surface area (Å²) < 4.78 is 0. The van der Waals surface area contributed by atoms with Crippen LogP contribution in [0, 0.1) is 11.8 Å². The summed E-state index contributed by atoms with van der Waals surface area (Å²) in [6, 6.07) is 4.81. The summed E-state index contributed by atoms with van der Waals surface area (Å²) in [6.45, 7) is 4.43. The molecule has 0 heterocycles. The zero-order valence-corrected chi connectivity index (χ0v) is 12.8. The van der Waals surface area contributed by atoms with Crippen molar-refractivity contribution in [2.75, 3.05) is 0 Å². The summed E-state index contributed by atoms with van der Waals surface area (Å²) in [7, 11) is 0. The van der Waals surface area contributed by atoms with E-state index in [-0.39, 0.29) is 22.7 Å². The van der Waals surface area contributed by atoms with Crippen LogP contribution in [-0.2, 0) is 0 Å². The Morgan fingerprint density at radius 3 is 2.70 bits per heavy atom. The Balaban J connectivity index is 2.07. The second-order valence-corrected chi connectivity index (χ2v) is 6.35. The Bertz CT molecular complexity index is 487. The monoisotopic (exact) mass is 295 g/mol. The SMILES string of the molecule is CC(C)C1CCCCC1NC(=O)c1ccc(O)c(Cl)c1. The minimum atomic E-state index is -0.107. The summed E-state index contributed by atoms with van der Waals surface area (Å²) in [6.07, 6.45) is 4.64. The molecule has 2 rings (SSSR count).